The van der Waals surface area contributed by atoms with E-state index in [1.165, 1.54) is 6.92 Å². The largest absolute Gasteiger partial charge is 0.345 e. The van der Waals surface area contributed by atoms with Crippen LogP contribution in [0.3, 0.4) is 0 Å². The first-order valence-electron chi connectivity index (χ1n) is 19.5. The zero-order chi connectivity index (χ0) is 41.3. The molecule has 0 spiro atoms. The molecule has 3 N–H and O–H groups in total. The molecule has 0 radical (unpaired) electrons. The molecule has 0 aromatic heterocycles. The lowest BCUT2D eigenvalue weighted by atomic mass is 9.80. The van der Waals surface area contributed by atoms with Gasteiger partial charge in [0, 0.05) is 42.7 Å². The summed E-state index contributed by atoms with van der Waals surface area (Å²) in [5.74, 6) is 0.204. The average Bonchev–Trinajstić information content (AvgIpc) is 3.23. The van der Waals surface area contributed by atoms with E-state index in [1.807, 2.05) is 86.4 Å². The van der Waals surface area contributed by atoms with Gasteiger partial charge in [0.15, 0.2) is 5.78 Å². The summed E-state index contributed by atoms with van der Waals surface area (Å²) in [4.78, 5) is 85.5. The lowest BCUT2D eigenvalue weighted by Crippen LogP contribution is -2.51. The number of benzene rings is 1. The molecule has 0 saturated heterocycles. The predicted molar refractivity (Wildman–Crippen MR) is 215 cm³/mol. The number of carbonyl (C=O) groups is 7. The number of terminal acetylenes is 1. The van der Waals surface area contributed by atoms with E-state index >= 15 is 0 Å². The van der Waals surface area contributed by atoms with Crippen LogP contribution in [0.1, 0.15) is 138 Å². The number of hydrogen-bond donors (Lipinski definition) is 3. The van der Waals surface area contributed by atoms with E-state index in [2.05, 4.69) is 22.9 Å². The van der Waals surface area contributed by atoms with Crippen molar-refractivity contribution in [3.05, 3.63) is 34.9 Å². The molecule has 1 aliphatic rings. The lowest BCUT2D eigenvalue weighted by Gasteiger charge is -2.22. The van der Waals surface area contributed by atoms with Gasteiger partial charge in [0.1, 0.15) is 17.6 Å². The summed E-state index contributed by atoms with van der Waals surface area (Å²) in [7, 11) is 0. The zero-order valence-electron chi connectivity index (χ0n) is 34.5. The van der Waals surface area contributed by atoms with Crippen LogP contribution in [-0.4, -0.2) is 53.4 Å². The molecule has 0 heterocycles. The van der Waals surface area contributed by atoms with Crippen LogP contribution in [0.5, 0.6) is 0 Å². The fourth-order valence-electron chi connectivity index (χ4n) is 6.47. The summed E-state index contributed by atoms with van der Waals surface area (Å²) in [5, 5.41) is 8.30. The number of anilines is 1. The molecule has 10 nitrogen and oxygen atoms in total. The summed E-state index contributed by atoms with van der Waals surface area (Å²) < 4.78 is 0. The molecule has 0 aliphatic heterocycles. The number of hydrogen-bond acceptors (Lipinski definition) is 7. The van der Waals surface area contributed by atoms with Gasteiger partial charge in [0.2, 0.25) is 23.5 Å². The van der Waals surface area contributed by atoms with Crippen molar-refractivity contribution in [2.24, 2.45) is 35.5 Å². The maximum absolute atomic E-state index is 13.2. The normalized spacial score (nSPS) is 16.0. The number of allylic oxidation sites excluding steroid dienone is 1. The van der Waals surface area contributed by atoms with Crippen molar-refractivity contribution in [3.63, 3.8) is 0 Å². The van der Waals surface area contributed by atoms with Crippen LogP contribution in [0.15, 0.2) is 23.8 Å². The van der Waals surface area contributed by atoms with Gasteiger partial charge < -0.3 is 16.0 Å². The van der Waals surface area contributed by atoms with E-state index in [0.29, 0.717) is 24.1 Å². The van der Waals surface area contributed by atoms with Crippen molar-refractivity contribution >= 4 is 52.6 Å². The Bertz CT molecular complexity index is 1570. The van der Waals surface area contributed by atoms with Crippen molar-refractivity contribution in [3.8, 4) is 12.3 Å². The zero-order valence-corrected chi connectivity index (χ0v) is 34.5. The van der Waals surface area contributed by atoms with Crippen LogP contribution in [0.4, 0.5) is 5.69 Å². The van der Waals surface area contributed by atoms with E-state index in [-0.39, 0.29) is 89.3 Å². The Hall–Kier alpha value is -4.39. The third kappa shape index (κ3) is 15.5. The third-order valence-electron chi connectivity index (χ3n) is 10.1. The highest BCUT2D eigenvalue weighted by molar-refractivity contribution is 6.03. The second kappa shape index (κ2) is 23.4. The molecule has 2 rings (SSSR count). The topological polar surface area (TPSA) is 156 Å². The Morgan fingerprint density at radius 3 is 2.09 bits per heavy atom. The molecule has 54 heavy (non-hydrogen) atoms. The molecule has 1 aromatic carbocycles. The minimum Gasteiger partial charge on any atom is -0.345 e. The number of amides is 3. The highest BCUT2D eigenvalue weighted by Crippen LogP contribution is 2.36. The second-order valence-electron chi connectivity index (χ2n) is 15.7. The number of unbranched alkanes of at least 4 members (excludes halogenated alkanes) is 3. The van der Waals surface area contributed by atoms with Crippen LogP contribution in [0.2, 0.25) is 0 Å². The molecule has 0 saturated carbocycles. The van der Waals surface area contributed by atoms with Gasteiger partial charge in [-0.1, -0.05) is 94.6 Å². The summed E-state index contributed by atoms with van der Waals surface area (Å²) in [6, 6.07) is 4.81. The van der Waals surface area contributed by atoms with E-state index in [0.717, 1.165) is 36.8 Å². The number of fused-ring (bicyclic) bond motifs is 1. The molecule has 0 bridgehead atoms. The van der Waals surface area contributed by atoms with E-state index in [4.69, 9.17) is 6.42 Å². The van der Waals surface area contributed by atoms with Crippen molar-refractivity contribution < 1.29 is 33.6 Å². The van der Waals surface area contributed by atoms with Crippen molar-refractivity contribution in [2.75, 3.05) is 11.9 Å². The molecule has 0 fully saturated rings. The van der Waals surface area contributed by atoms with Gasteiger partial charge in [-0.2, -0.15) is 0 Å². The fourth-order valence-corrected chi connectivity index (χ4v) is 6.47. The Labute approximate surface area is 323 Å². The summed E-state index contributed by atoms with van der Waals surface area (Å²) in [6.07, 6.45) is 11.6. The first-order valence-corrected chi connectivity index (χ1v) is 19.5. The van der Waals surface area contributed by atoms with Crippen LogP contribution < -0.4 is 16.0 Å². The molecule has 5 atom stereocenters. The SMILES string of the molecule is C#CC(=O)CC(C(C)=O)C(C)C.CCCCCCC(=O)NC(C(=O)NCC(=O)Nc1ccc2c(c1)C(C)CC(=O)C(C(C)C(C)C(=O)C(C)C)=C2)C(C)C. The standard InChI is InChI=1S/C34H51N3O5.C10H14O2/c1-9-10-11-12-13-30(39)37-32(20(2)3)34(42)35-19-31(40)36-26-15-14-25-17-28(23(7)24(8)33(41)21(4)5)29(38)16-22(6)27(25)18-26;1-5-9(12)6-10(7(2)3)8(4)11/h14-15,17-18,20-24,32H,9-13,16,19H2,1-8H3,(H,35,42)(H,36,40)(H,37,39);1,7,10H,6H2,2-4H3. The minimum absolute atomic E-state index is 0.0357. The third-order valence-corrected chi connectivity index (χ3v) is 10.1. The first-order chi connectivity index (χ1) is 25.2. The van der Waals surface area contributed by atoms with Crippen LogP contribution in [0.25, 0.3) is 6.08 Å². The number of nitrogens with one attached hydrogen (secondary N) is 3. The molecule has 5 unspecified atom stereocenters. The van der Waals surface area contributed by atoms with Crippen molar-refractivity contribution in [1.82, 2.24) is 10.6 Å². The van der Waals surface area contributed by atoms with Crippen molar-refractivity contribution in [2.45, 2.75) is 133 Å². The number of carbonyl (C=O) groups excluding carboxylic acids is 7. The highest BCUT2D eigenvalue weighted by Gasteiger charge is 2.31. The molecule has 1 aliphatic carbocycles. The Kier molecular flexibility index (Phi) is 20.6. The van der Waals surface area contributed by atoms with E-state index < -0.39 is 11.9 Å². The number of ketones is 4. The maximum atomic E-state index is 13.2. The second-order valence-corrected chi connectivity index (χ2v) is 15.7. The highest BCUT2D eigenvalue weighted by atomic mass is 16.2. The molecule has 10 heteroatoms. The van der Waals surface area contributed by atoms with Crippen LogP contribution >= 0.6 is 0 Å². The average molecular weight is 748 g/mol. The van der Waals surface area contributed by atoms with E-state index in [1.54, 1.807) is 6.07 Å². The fraction of sp³-hybridized carbons (Fsp3) is 0.614. The first kappa shape index (κ1) is 47.6. The van der Waals surface area contributed by atoms with Gasteiger partial charge in [-0.15, -0.1) is 6.42 Å². The Balaban J connectivity index is 0.00000104. The summed E-state index contributed by atoms with van der Waals surface area (Å²) >= 11 is 0. The lowest BCUT2D eigenvalue weighted by molar-refractivity contribution is -0.130. The maximum Gasteiger partial charge on any atom is 0.243 e. The van der Waals surface area contributed by atoms with Gasteiger partial charge in [-0.25, -0.2) is 0 Å². The molecular formula is C44H65N3O7. The van der Waals surface area contributed by atoms with Gasteiger partial charge in [0.05, 0.1) is 6.54 Å². The van der Waals surface area contributed by atoms with E-state index in [9.17, 15) is 33.6 Å². The quantitative estimate of drug-likeness (QED) is 0.0765. The predicted octanol–water partition coefficient (Wildman–Crippen LogP) is 7.25. The molecule has 298 valence electrons. The molecular weight excluding hydrogens is 682 g/mol. The van der Waals surface area contributed by atoms with Gasteiger partial charge in [0.25, 0.3) is 0 Å². The van der Waals surface area contributed by atoms with Gasteiger partial charge in [-0.3, -0.25) is 33.6 Å². The summed E-state index contributed by atoms with van der Waals surface area (Å²) in [5.41, 5.74) is 3.07. The monoisotopic (exact) mass is 747 g/mol. The van der Waals surface area contributed by atoms with Gasteiger partial charge >= 0.3 is 0 Å². The smallest absolute Gasteiger partial charge is 0.243 e. The molecule has 1 aromatic rings. The van der Waals surface area contributed by atoms with Gasteiger partial charge in [-0.05, 0) is 77.8 Å². The Morgan fingerprint density at radius 2 is 1.56 bits per heavy atom. The van der Waals surface area contributed by atoms with Crippen molar-refractivity contribution in [1.29, 1.82) is 0 Å². The molecule has 3 amide bonds. The summed E-state index contributed by atoms with van der Waals surface area (Å²) in [6.45, 7) is 20.5. The number of rotatable bonds is 19. The van der Waals surface area contributed by atoms with Crippen LogP contribution in [-0.2, 0) is 33.6 Å². The minimum atomic E-state index is -0.718. The van der Waals surface area contributed by atoms with Crippen LogP contribution in [0, 0.1) is 47.9 Å². The Morgan fingerprint density at radius 1 is 0.907 bits per heavy atom. The number of Topliss-reactive ketones (excluding diaryl/α,β-unsaturated/α-hetero) is 4.